The van der Waals surface area contributed by atoms with Crippen molar-refractivity contribution in [2.75, 3.05) is 20.8 Å². The molecule has 27 heavy (non-hydrogen) atoms. The molecule has 0 spiro atoms. The van der Waals surface area contributed by atoms with Crippen LogP contribution >= 0.6 is 0 Å². The lowest BCUT2D eigenvalue weighted by molar-refractivity contribution is -0.157. The molecule has 0 aromatic heterocycles. The number of carbonyl (C=O) groups is 2. The predicted octanol–water partition coefficient (Wildman–Crippen LogP) is 3.44. The highest BCUT2D eigenvalue weighted by atomic mass is 16.5. The number of nitrogens with zero attached hydrogens (tertiary/aromatic N) is 1. The van der Waals surface area contributed by atoms with Crippen LogP contribution in [0.5, 0.6) is 11.5 Å². The van der Waals surface area contributed by atoms with Crippen molar-refractivity contribution in [3.05, 3.63) is 29.8 Å². The summed E-state index contributed by atoms with van der Waals surface area (Å²) in [6.07, 6.45) is 6.16. The molecule has 0 saturated carbocycles. The Morgan fingerprint density at radius 3 is 2.70 bits per heavy atom. The van der Waals surface area contributed by atoms with Gasteiger partial charge in [0.1, 0.15) is 0 Å². The highest BCUT2D eigenvalue weighted by molar-refractivity contribution is 5.91. The number of esters is 1. The summed E-state index contributed by atoms with van der Waals surface area (Å²) in [6.45, 7) is 4.44. The highest BCUT2D eigenvalue weighted by Gasteiger charge is 2.30. The fourth-order valence-electron chi connectivity index (χ4n) is 3.41. The fourth-order valence-corrected chi connectivity index (χ4v) is 3.41. The summed E-state index contributed by atoms with van der Waals surface area (Å²) in [5.74, 6) is 0.424. The van der Waals surface area contributed by atoms with Gasteiger partial charge in [-0.3, -0.25) is 4.79 Å². The van der Waals surface area contributed by atoms with Gasteiger partial charge in [-0.15, -0.1) is 0 Å². The topological polar surface area (TPSA) is 65.1 Å². The van der Waals surface area contributed by atoms with E-state index in [0.29, 0.717) is 17.1 Å². The van der Waals surface area contributed by atoms with Crippen LogP contribution in [0.25, 0.3) is 6.08 Å². The Bertz CT molecular complexity index is 685. The van der Waals surface area contributed by atoms with Gasteiger partial charge in [0, 0.05) is 24.2 Å². The lowest BCUT2D eigenvalue weighted by Gasteiger charge is -2.36. The lowest BCUT2D eigenvalue weighted by Crippen LogP contribution is -2.48. The van der Waals surface area contributed by atoms with E-state index in [2.05, 4.69) is 6.92 Å². The van der Waals surface area contributed by atoms with E-state index in [4.69, 9.17) is 14.2 Å². The Morgan fingerprint density at radius 2 is 2.04 bits per heavy atom. The second kappa shape index (κ2) is 10.00. The number of para-hydroxylation sites is 1. The van der Waals surface area contributed by atoms with Crippen LogP contribution in [0.4, 0.5) is 0 Å². The molecule has 0 bridgehead atoms. The number of methoxy groups -OCH3 is 2. The van der Waals surface area contributed by atoms with Gasteiger partial charge in [-0.1, -0.05) is 19.1 Å². The van der Waals surface area contributed by atoms with E-state index in [1.165, 1.54) is 13.2 Å². The van der Waals surface area contributed by atoms with E-state index in [0.717, 1.165) is 32.2 Å². The van der Waals surface area contributed by atoms with E-state index >= 15 is 0 Å². The first-order valence-corrected chi connectivity index (χ1v) is 9.42. The van der Waals surface area contributed by atoms with Gasteiger partial charge in [-0.2, -0.15) is 0 Å². The van der Waals surface area contributed by atoms with Crippen LogP contribution in [0.1, 0.15) is 45.1 Å². The molecule has 1 saturated heterocycles. The van der Waals surface area contributed by atoms with Crippen molar-refractivity contribution >= 4 is 18.0 Å². The number of likely N-dealkylation sites (tertiary alicyclic amines) is 1. The quantitative estimate of drug-likeness (QED) is 0.540. The summed E-state index contributed by atoms with van der Waals surface area (Å²) in [4.78, 5) is 26.7. The van der Waals surface area contributed by atoms with Crippen molar-refractivity contribution < 1.29 is 23.8 Å². The number of hydrogen-bond acceptors (Lipinski definition) is 5. The first kappa shape index (κ1) is 20.8. The van der Waals surface area contributed by atoms with E-state index in [9.17, 15) is 9.59 Å². The third-order valence-electron chi connectivity index (χ3n) is 4.85. The molecule has 1 heterocycles. The van der Waals surface area contributed by atoms with E-state index < -0.39 is 12.1 Å². The molecule has 6 heteroatoms. The van der Waals surface area contributed by atoms with Crippen molar-refractivity contribution in [2.24, 2.45) is 0 Å². The molecule has 2 unspecified atom stereocenters. The minimum absolute atomic E-state index is 0.123. The maximum atomic E-state index is 12.6. The Balaban J connectivity index is 2.00. The normalized spacial score (nSPS) is 18.2. The second-order valence-corrected chi connectivity index (χ2v) is 6.58. The SMILES string of the molecule is CCC1CCCCN1C(=O)C(C)OC(=O)/C=C/c1cccc(OC)c1OC. The van der Waals surface area contributed by atoms with Gasteiger partial charge in [-0.05, 0) is 44.7 Å². The maximum Gasteiger partial charge on any atom is 0.331 e. The molecule has 1 fully saturated rings. The van der Waals surface area contributed by atoms with Gasteiger partial charge in [-0.25, -0.2) is 4.79 Å². The molecule has 1 aromatic rings. The highest BCUT2D eigenvalue weighted by Crippen LogP contribution is 2.31. The van der Waals surface area contributed by atoms with Crippen LogP contribution < -0.4 is 9.47 Å². The zero-order valence-electron chi connectivity index (χ0n) is 16.6. The second-order valence-electron chi connectivity index (χ2n) is 6.58. The number of hydrogen-bond donors (Lipinski definition) is 0. The number of piperidine rings is 1. The van der Waals surface area contributed by atoms with Crippen LogP contribution in [0.3, 0.4) is 0 Å². The van der Waals surface area contributed by atoms with Crippen molar-refractivity contribution in [2.45, 2.75) is 51.7 Å². The average Bonchev–Trinajstić information content (AvgIpc) is 2.70. The number of carbonyl (C=O) groups excluding carboxylic acids is 2. The summed E-state index contributed by atoms with van der Waals surface area (Å²) in [7, 11) is 3.09. The molecule has 0 N–H and O–H groups in total. The summed E-state index contributed by atoms with van der Waals surface area (Å²) < 4.78 is 15.9. The Labute approximate surface area is 161 Å². The van der Waals surface area contributed by atoms with Crippen LogP contribution in [0, 0.1) is 0 Å². The van der Waals surface area contributed by atoms with Crippen molar-refractivity contribution in [3.8, 4) is 11.5 Å². The van der Waals surface area contributed by atoms with E-state index in [1.54, 1.807) is 38.3 Å². The number of rotatable bonds is 7. The summed E-state index contributed by atoms with van der Waals surface area (Å²) >= 11 is 0. The van der Waals surface area contributed by atoms with Crippen LogP contribution in [0.15, 0.2) is 24.3 Å². The molecular formula is C21H29NO5. The van der Waals surface area contributed by atoms with Gasteiger partial charge < -0.3 is 19.1 Å². The van der Waals surface area contributed by atoms with Crippen molar-refractivity contribution in [1.29, 1.82) is 0 Å². The van der Waals surface area contributed by atoms with Crippen molar-refractivity contribution in [1.82, 2.24) is 4.90 Å². The molecule has 1 aliphatic heterocycles. The van der Waals surface area contributed by atoms with Crippen LogP contribution in [-0.2, 0) is 14.3 Å². The maximum absolute atomic E-state index is 12.6. The largest absolute Gasteiger partial charge is 0.493 e. The Hall–Kier alpha value is -2.50. The predicted molar refractivity (Wildman–Crippen MR) is 104 cm³/mol. The number of benzene rings is 1. The molecular weight excluding hydrogens is 346 g/mol. The van der Waals surface area contributed by atoms with Gasteiger partial charge >= 0.3 is 5.97 Å². The monoisotopic (exact) mass is 375 g/mol. The van der Waals surface area contributed by atoms with Crippen molar-refractivity contribution in [3.63, 3.8) is 0 Å². The molecule has 6 nitrogen and oxygen atoms in total. The standard InChI is InChI=1S/C21H29NO5/c1-5-17-10-6-7-14-22(17)21(24)15(2)27-19(23)13-12-16-9-8-11-18(25-3)20(16)26-4/h8-9,11-13,15,17H,5-7,10,14H2,1-4H3/b13-12+. The minimum atomic E-state index is -0.804. The van der Waals surface area contributed by atoms with Crippen LogP contribution in [0.2, 0.25) is 0 Å². The van der Waals surface area contributed by atoms with Gasteiger partial charge in [0.2, 0.25) is 0 Å². The Morgan fingerprint density at radius 1 is 1.26 bits per heavy atom. The first-order chi connectivity index (χ1) is 13.0. The first-order valence-electron chi connectivity index (χ1n) is 9.42. The minimum Gasteiger partial charge on any atom is -0.493 e. The summed E-state index contributed by atoms with van der Waals surface area (Å²) in [6, 6.07) is 5.63. The molecule has 0 aliphatic carbocycles. The summed E-state index contributed by atoms with van der Waals surface area (Å²) in [5, 5.41) is 0. The zero-order valence-corrected chi connectivity index (χ0v) is 16.6. The molecule has 1 aromatic carbocycles. The van der Waals surface area contributed by atoms with Crippen LogP contribution in [-0.4, -0.2) is 49.7 Å². The molecule has 0 radical (unpaired) electrons. The molecule has 1 amide bonds. The fraction of sp³-hybridized carbons (Fsp3) is 0.524. The number of ether oxygens (including phenoxy) is 3. The van der Waals surface area contributed by atoms with Gasteiger partial charge in [0.15, 0.2) is 17.6 Å². The summed E-state index contributed by atoms with van der Waals surface area (Å²) in [5.41, 5.74) is 0.690. The molecule has 148 valence electrons. The third kappa shape index (κ3) is 5.25. The lowest BCUT2D eigenvalue weighted by atomic mass is 9.99. The molecule has 1 aliphatic rings. The van der Waals surface area contributed by atoms with Gasteiger partial charge in [0.05, 0.1) is 14.2 Å². The third-order valence-corrected chi connectivity index (χ3v) is 4.85. The van der Waals surface area contributed by atoms with Gasteiger partial charge in [0.25, 0.3) is 5.91 Å². The average molecular weight is 375 g/mol. The zero-order chi connectivity index (χ0) is 19.8. The van der Waals surface area contributed by atoms with E-state index in [1.807, 2.05) is 4.90 Å². The smallest absolute Gasteiger partial charge is 0.331 e. The molecule has 2 rings (SSSR count). The van der Waals surface area contributed by atoms with E-state index in [-0.39, 0.29) is 11.9 Å². The molecule has 2 atom stereocenters. The number of amides is 1. The Kier molecular flexibility index (Phi) is 7.70.